The molecule has 3 N–H and O–H groups in total. The highest BCUT2D eigenvalue weighted by Gasteiger charge is 2.31. The fourth-order valence-corrected chi connectivity index (χ4v) is 1.16. The van der Waals surface area contributed by atoms with Gasteiger partial charge in [0, 0.05) is 0 Å². The summed E-state index contributed by atoms with van der Waals surface area (Å²) in [4.78, 5) is 3.78. The number of nitrogens with two attached hydrogens (primary N) is 1. The number of fused-ring (bicyclic) bond motifs is 1. The Balaban J connectivity index is 2.55. The Morgan fingerprint density at radius 3 is 2.67 bits per heavy atom. The summed E-state index contributed by atoms with van der Waals surface area (Å²) in [5.74, 6) is 5.01. The average Bonchev–Trinajstić information content (AvgIpc) is 2.57. The number of oxazole rings is 1. The van der Waals surface area contributed by atoms with Crippen molar-refractivity contribution in [3.05, 3.63) is 23.8 Å². The predicted octanol–water partition coefficient (Wildman–Crippen LogP) is 2.13. The minimum absolute atomic E-state index is 0.0238. The molecule has 0 aliphatic rings. The summed E-state index contributed by atoms with van der Waals surface area (Å²) in [7, 11) is 0. The molecule has 1 aromatic heterocycles. The van der Waals surface area contributed by atoms with Crippen LogP contribution in [0, 0.1) is 0 Å². The standard InChI is InChI=1S/C8H6F3N3O/c9-8(10,11)4-1-2-5-6(3-4)15-7(13-5)14-12/h1-3H,12H2,(H,13,14). The number of benzene rings is 1. The number of rotatable bonds is 1. The molecule has 0 unspecified atom stereocenters. The summed E-state index contributed by atoms with van der Waals surface area (Å²) in [5.41, 5.74) is 1.69. The fraction of sp³-hybridized carbons (Fsp3) is 0.125. The van der Waals surface area contributed by atoms with Gasteiger partial charge in [0.25, 0.3) is 0 Å². The molecule has 0 radical (unpaired) electrons. The second kappa shape index (κ2) is 3.13. The summed E-state index contributed by atoms with van der Waals surface area (Å²) in [6, 6.07) is 3.01. The number of aromatic nitrogens is 1. The van der Waals surface area contributed by atoms with E-state index >= 15 is 0 Å². The normalized spacial score (nSPS) is 12.0. The summed E-state index contributed by atoms with van der Waals surface area (Å²) < 4.78 is 41.8. The van der Waals surface area contributed by atoms with Crippen LogP contribution in [0.15, 0.2) is 22.6 Å². The van der Waals surface area contributed by atoms with E-state index in [4.69, 9.17) is 10.3 Å². The van der Waals surface area contributed by atoms with Gasteiger partial charge in [0.2, 0.25) is 0 Å². The highest BCUT2D eigenvalue weighted by atomic mass is 19.4. The van der Waals surface area contributed by atoms with Crippen LogP contribution in [0.1, 0.15) is 5.56 Å². The Kier molecular flexibility index (Phi) is 2.04. The van der Waals surface area contributed by atoms with Crippen molar-refractivity contribution in [3.8, 4) is 0 Å². The second-order valence-corrected chi connectivity index (χ2v) is 2.84. The Bertz CT molecular complexity index is 491. The van der Waals surface area contributed by atoms with E-state index in [0.717, 1.165) is 12.1 Å². The lowest BCUT2D eigenvalue weighted by atomic mass is 10.2. The molecule has 2 aromatic rings. The van der Waals surface area contributed by atoms with Crippen LogP contribution in [-0.2, 0) is 6.18 Å². The highest BCUT2D eigenvalue weighted by molar-refractivity contribution is 5.75. The molecule has 1 heterocycles. The van der Waals surface area contributed by atoms with Crippen LogP contribution < -0.4 is 11.3 Å². The molecule has 4 nitrogen and oxygen atoms in total. The van der Waals surface area contributed by atoms with Gasteiger partial charge in [-0.05, 0) is 18.2 Å². The third kappa shape index (κ3) is 1.73. The zero-order valence-electron chi connectivity index (χ0n) is 7.30. The van der Waals surface area contributed by atoms with Crippen molar-refractivity contribution in [1.82, 2.24) is 4.98 Å². The first kappa shape index (κ1) is 9.78. The molecular formula is C8H6F3N3O. The zero-order chi connectivity index (χ0) is 11.1. The molecule has 0 amide bonds. The Labute approximate surface area is 81.8 Å². The summed E-state index contributed by atoms with van der Waals surface area (Å²) >= 11 is 0. The van der Waals surface area contributed by atoms with Crippen molar-refractivity contribution < 1.29 is 17.6 Å². The number of hydrazine groups is 1. The van der Waals surface area contributed by atoms with Crippen molar-refractivity contribution in [1.29, 1.82) is 0 Å². The van der Waals surface area contributed by atoms with Crippen molar-refractivity contribution in [2.75, 3.05) is 5.43 Å². The molecule has 0 aliphatic heterocycles. The van der Waals surface area contributed by atoms with Crippen molar-refractivity contribution in [3.63, 3.8) is 0 Å². The molecule has 0 fully saturated rings. The van der Waals surface area contributed by atoms with Crippen molar-refractivity contribution in [2.45, 2.75) is 6.18 Å². The quantitative estimate of drug-likeness (QED) is 0.567. The van der Waals surface area contributed by atoms with Crippen LogP contribution in [0.3, 0.4) is 0 Å². The van der Waals surface area contributed by atoms with Gasteiger partial charge in [-0.2, -0.15) is 18.2 Å². The lowest BCUT2D eigenvalue weighted by molar-refractivity contribution is -0.137. The molecule has 7 heteroatoms. The van der Waals surface area contributed by atoms with E-state index in [1.807, 2.05) is 0 Å². The van der Waals surface area contributed by atoms with E-state index in [2.05, 4.69) is 10.4 Å². The number of nitrogen functional groups attached to an aromatic ring is 1. The van der Waals surface area contributed by atoms with Crippen LogP contribution in [0.2, 0.25) is 0 Å². The summed E-state index contributed by atoms with van der Waals surface area (Å²) in [5, 5.41) is 0. The SMILES string of the molecule is NNc1nc2ccc(C(F)(F)F)cc2o1. The van der Waals surface area contributed by atoms with Gasteiger partial charge in [0.1, 0.15) is 5.52 Å². The van der Waals surface area contributed by atoms with E-state index in [1.54, 1.807) is 0 Å². The average molecular weight is 217 g/mol. The minimum atomic E-state index is -4.39. The van der Waals surface area contributed by atoms with E-state index in [9.17, 15) is 13.2 Å². The van der Waals surface area contributed by atoms with E-state index in [-0.39, 0.29) is 11.6 Å². The van der Waals surface area contributed by atoms with Crippen LogP contribution in [0.25, 0.3) is 11.1 Å². The first-order valence-electron chi connectivity index (χ1n) is 3.95. The lowest BCUT2D eigenvalue weighted by Gasteiger charge is -2.04. The van der Waals surface area contributed by atoms with E-state index < -0.39 is 11.7 Å². The second-order valence-electron chi connectivity index (χ2n) is 2.84. The maximum absolute atomic E-state index is 12.3. The number of nitrogens with one attached hydrogen (secondary N) is 1. The van der Waals surface area contributed by atoms with Crippen LogP contribution in [0.4, 0.5) is 19.2 Å². The van der Waals surface area contributed by atoms with Crippen LogP contribution in [-0.4, -0.2) is 4.98 Å². The summed E-state index contributed by atoms with van der Waals surface area (Å²) in [6.07, 6.45) is -4.39. The predicted molar refractivity (Wildman–Crippen MR) is 46.8 cm³/mol. The van der Waals surface area contributed by atoms with Crippen LogP contribution in [0.5, 0.6) is 0 Å². The first-order chi connectivity index (χ1) is 7.00. The van der Waals surface area contributed by atoms with E-state index in [1.165, 1.54) is 6.07 Å². The van der Waals surface area contributed by atoms with Gasteiger partial charge in [-0.1, -0.05) is 0 Å². The van der Waals surface area contributed by atoms with Gasteiger partial charge in [-0.3, -0.25) is 5.43 Å². The number of hydrogen-bond donors (Lipinski definition) is 2. The molecule has 0 spiro atoms. The Morgan fingerprint density at radius 2 is 2.07 bits per heavy atom. The first-order valence-corrected chi connectivity index (χ1v) is 3.95. The Morgan fingerprint density at radius 1 is 1.33 bits per heavy atom. The van der Waals surface area contributed by atoms with Crippen molar-refractivity contribution in [2.24, 2.45) is 5.84 Å². The zero-order valence-corrected chi connectivity index (χ0v) is 7.30. The smallest absolute Gasteiger partial charge is 0.416 e. The van der Waals surface area contributed by atoms with Gasteiger partial charge in [-0.25, -0.2) is 5.84 Å². The molecule has 1 aromatic carbocycles. The molecule has 0 saturated heterocycles. The summed E-state index contributed by atoms with van der Waals surface area (Å²) in [6.45, 7) is 0. The van der Waals surface area contributed by atoms with Crippen LogP contribution >= 0.6 is 0 Å². The number of hydrogen-bond acceptors (Lipinski definition) is 4. The van der Waals surface area contributed by atoms with Gasteiger partial charge < -0.3 is 4.42 Å². The number of nitrogens with zero attached hydrogens (tertiary/aromatic N) is 1. The molecular weight excluding hydrogens is 211 g/mol. The molecule has 15 heavy (non-hydrogen) atoms. The maximum Gasteiger partial charge on any atom is 0.416 e. The molecule has 0 saturated carbocycles. The number of alkyl halides is 3. The largest absolute Gasteiger partial charge is 0.423 e. The number of halogens is 3. The van der Waals surface area contributed by atoms with Gasteiger partial charge >= 0.3 is 12.2 Å². The number of anilines is 1. The molecule has 0 aliphatic carbocycles. The topological polar surface area (TPSA) is 64.1 Å². The lowest BCUT2D eigenvalue weighted by Crippen LogP contribution is -2.06. The molecule has 80 valence electrons. The van der Waals surface area contributed by atoms with Gasteiger partial charge in [0.05, 0.1) is 5.56 Å². The Hall–Kier alpha value is -1.76. The maximum atomic E-state index is 12.3. The highest BCUT2D eigenvalue weighted by Crippen LogP contribution is 2.31. The molecule has 2 rings (SSSR count). The third-order valence-corrected chi connectivity index (χ3v) is 1.84. The van der Waals surface area contributed by atoms with E-state index in [0.29, 0.717) is 5.52 Å². The minimum Gasteiger partial charge on any atom is -0.423 e. The van der Waals surface area contributed by atoms with Gasteiger partial charge in [0.15, 0.2) is 5.58 Å². The third-order valence-electron chi connectivity index (χ3n) is 1.84. The fourth-order valence-electron chi connectivity index (χ4n) is 1.16. The monoisotopic (exact) mass is 217 g/mol. The van der Waals surface area contributed by atoms with Crippen molar-refractivity contribution >= 4 is 17.1 Å². The molecule has 0 bridgehead atoms. The molecule has 0 atom stereocenters. The van der Waals surface area contributed by atoms with Gasteiger partial charge in [-0.15, -0.1) is 0 Å².